The van der Waals surface area contributed by atoms with Crippen molar-refractivity contribution < 1.29 is 9.53 Å². The summed E-state index contributed by atoms with van der Waals surface area (Å²) >= 11 is 6.08. The standard InChI is InChI=1S/C21H23ClN6O2/c1-21(2,3)30-20(29)28-12-14-9-15(28)11-27(14)19-25-16(10-18-24-6-7-26(18)19)13-4-5-23-17(22)8-13/h4-8,10,14-15H,9,11-12H2,1-3H3/t14-,15-/m0/s1. The molecule has 0 spiro atoms. The van der Waals surface area contributed by atoms with E-state index in [2.05, 4.69) is 14.9 Å². The summed E-state index contributed by atoms with van der Waals surface area (Å²) in [5.41, 5.74) is 2.00. The molecule has 5 heterocycles. The van der Waals surface area contributed by atoms with Crippen LogP contribution in [-0.2, 0) is 4.74 Å². The fourth-order valence-corrected chi connectivity index (χ4v) is 4.45. The second kappa shape index (κ2) is 6.84. The van der Waals surface area contributed by atoms with Crippen molar-refractivity contribution in [1.29, 1.82) is 0 Å². The maximum Gasteiger partial charge on any atom is 0.410 e. The van der Waals surface area contributed by atoms with Crippen LogP contribution in [0.5, 0.6) is 0 Å². The van der Waals surface area contributed by atoms with E-state index in [0.717, 1.165) is 29.3 Å². The Morgan fingerprint density at radius 3 is 2.70 bits per heavy atom. The fraction of sp³-hybridized carbons (Fsp3) is 0.429. The first-order chi connectivity index (χ1) is 14.3. The van der Waals surface area contributed by atoms with Crippen molar-refractivity contribution in [3.8, 4) is 11.3 Å². The molecule has 0 unspecified atom stereocenters. The van der Waals surface area contributed by atoms with Crippen molar-refractivity contribution >= 4 is 29.3 Å². The van der Waals surface area contributed by atoms with Gasteiger partial charge in [-0.2, -0.15) is 0 Å². The van der Waals surface area contributed by atoms with E-state index in [1.807, 2.05) is 48.4 Å². The molecular formula is C21H23ClN6O2. The zero-order valence-electron chi connectivity index (χ0n) is 17.1. The molecule has 1 amide bonds. The molecule has 3 aromatic rings. The summed E-state index contributed by atoms with van der Waals surface area (Å²) in [5, 5.41) is 0.423. The van der Waals surface area contributed by atoms with Gasteiger partial charge in [0.2, 0.25) is 5.95 Å². The van der Waals surface area contributed by atoms with Crippen molar-refractivity contribution in [3.05, 3.63) is 41.9 Å². The lowest BCUT2D eigenvalue weighted by Gasteiger charge is -2.35. The summed E-state index contributed by atoms with van der Waals surface area (Å²) in [6.45, 7) is 7.01. The van der Waals surface area contributed by atoms with Gasteiger partial charge in [-0.25, -0.2) is 19.7 Å². The highest BCUT2D eigenvalue weighted by Gasteiger charge is 2.47. The predicted molar refractivity (Wildman–Crippen MR) is 114 cm³/mol. The molecule has 30 heavy (non-hydrogen) atoms. The van der Waals surface area contributed by atoms with Gasteiger partial charge in [-0.3, -0.25) is 4.40 Å². The van der Waals surface area contributed by atoms with Crippen molar-refractivity contribution in [2.45, 2.75) is 44.9 Å². The first-order valence-electron chi connectivity index (χ1n) is 10.0. The molecule has 2 aliphatic rings. The second-order valence-electron chi connectivity index (χ2n) is 8.79. The number of ether oxygens (including phenoxy) is 1. The number of amides is 1. The van der Waals surface area contributed by atoms with Gasteiger partial charge in [-0.1, -0.05) is 11.6 Å². The number of carbonyl (C=O) groups is 1. The number of nitrogens with zero attached hydrogens (tertiary/aromatic N) is 6. The third-order valence-corrected chi connectivity index (χ3v) is 5.73. The first-order valence-corrected chi connectivity index (χ1v) is 10.4. The molecule has 0 aromatic carbocycles. The van der Waals surface area contributed by atoms with Gasteiger partial charge >= 0.3 is 6.09 Å². The Labute approximate surface area is 179 Å². The monoisotopic (exact) mass is 426 g/mol. The largest absolute Gasteiger partial charge is 0.444 e. The second-order valence-corrected chi connectivity index (χ2v) is 9.18. The summed E-state index contributed by atoms with van der Waals surface area (Å²) in [7, 11) is 0. The van der Waals surface area contributed by atoms with Crippen LogP contribution in [0.25, 0.3) is 16.9 Å². The van der Waals surface area contributed by atoms with Crippen LogP contribution < -0.4 is 4.90 Å². The SMILES string of the molecule is CC(C)(C)OC(=O)N1C[C@@H]2C[C@H]1CN2c1nc(-c2ccnc(Cl)c2)cc2nccn12. The predicted octanol–water partition coefficient (Wildman–Crippen LogP) is 3.64. The van der Waals surface area contributed by atoms with Crippen LogP contribution in [-0.4, -0.2) is 61.1 Å². The minimum atomic E-state index is -0.497. The molecule has 2 bridgehead atoms. The number of piperazine rings is 1. The fourth-order valence-electron chi connectivity index (χ4n) is 4.28. The lowest BCUT2D eigenvalue weighted by Crippen LogP contribution is -2.50. The summed E-state index contributed by atoms with van der Waals surface area (Å²) in [4.78, 5) is 30.2. The van der Waals surface area contributed by atoms with Crippen LogP contribution in [0.3, 0.4) is 0 Å². The Bertz CT molecular complexity index is 1120. The number of pyridine rings is 1. The average molecular weight is 427 g/mol. The van der Waals surface area contributed by atoms with Gasteiger partial charge < -0.3 is 14.5 Å². The number of anilines is 1. The van der Waals surface area contributed by atoms with E-state index in [4.69, 9.17) is 21.3 Å². The number of likely N-dealkylation sites (tertiary alicyclic amines) is 1. The first kappa shape index (κ1) is 19.1. The minimum Gasteiger partial charge on any atom is -0.444 e. The molecule has 2 saturated heterocycles. The Hall–Kier alpha value is -2.87. The number of aromatic nitrogens is 4. The molecule has 9 heteroatoms. The van der Waals surface area contributed by atoms with Crippen LogP contribution in [0.4, 0.5) is 10.7 Å². The Kier molecular flexibility index (Phi) is 4.36. The highest BCUT2D eigenvalue weighted by Crippen LogP contribution is 2.36. The van der Waals surface area contributed by atoms with Crippen LogP contribution in [0.1, 0.15) is 27.2 Å². The molecule has 2 aliphatic heterocycles. The quantitative estimate of drug-likeness (QED) is 0.582. The average Bonchev–Trinajstić information content (AvgIpc) is 3.40. The minimum absolute atomic E-state index is 0.115. The summed E-state index contributed by atoms with van der Waals surface area (Å²) in [6, 6.07) is 5.93. The topological polar surface area (TPSA) is 75.9 Å². The van der Waals surface area contributed by atoms with Gasteiger partial charge in [-0.15, -0.1) is 0 Å². The van der Waals surface area contributed by atoms with E-state index in [1.54, 1.807) is 18.5 Å². The molecular weight excluding hydrogens is 404 g/mol. The van der Waals surface area contributed by atoms with Gasteiger partial charge in [0.25, 0.3) is 0 Å². The van der Waals surface area contributed by atoms with Gasteiger partial charge in [-0.05, 0) is 39.3 Å². The van der Waals surface area contributed by atoms with Crippen LogP contribution in [0.15, 0.2) is 36.8 Å². The van der Waals surface area contributed by atoms with E-state index < -0.39 is 5.60 Å². The van der Waals surface area contributed by atoms with Crippen LogP contribution in [0, 0.1) is 0 Å². The summed E-state index contributed by atoms with van der Waals surface area (Å²) in [6.07, 6.45) is 6.02. The van der Waals surface area contributed by atoms with Crippen molar-refractivity contribution in [2.75, 3.05) is 18.0 Å². The van der Waals surface area contributed by atoms with Gasteiger partial charge in [0, 0.05) is 43.3 Å². The van der Waals surface area contributed by atoms with Crippen molar-refractivity contribution in [2.24, 2.45) is 0 Å². The number of hydrogen-bond acceptors (Lipinski definition) is 6. The van der Waals surface area contributed by atoms with Crippen LogP contribution >= 0.6 is 11.6 Å². The molecule has 5 rings (SSSR count). The number of hydrogen-bond donors (Lipinski definition) is 0. The van der Waals surface area contributed by atoms with E-state index in [9.17, 15) is 4.79 Å². The maximum atomic E-state index is 12.6. The molecule has 156 valence electrons. The molecule has 3 aromatic heterocycles. The summed E-state index contributed by atoms with van der Waals surface area (Å²) in [5.74, 6) is 0.823. The number of halogens is 1. The molecule has 0 saturated carbocycles. The maximum absolute atomic E-state index is 12.6. The van der Waals surface area contributed by atoms with E-state index in [-0.39, 0.29) is 18.2 Å². The number of imidazole rings is 1. The molecule has 2 atom stereocenters. The van der Waals surface area contributed by atoms with E-state index in [1.165, 1.54) is 0 Å². The van der Waals surface area contributed by atoms with Gasteiger partial charge in [0.1, 0.15) is 16.4 Å². The zero-order chi connectivity index (χ0) is 21.0. The molecule has 0 N–H and O–H groups in total. The third kappa shape index (κ3) is 3.35. The summed E-state index contributed by atoms with van der Waals surface area (Å²) < 4.78 is 7.57. The smallest absolute Gasteiger partial charge is 0.410 e. The van der Waals surface area contributed by atoms with E-state index in [0.29, 0.717) is 18.2 Å². The third-order valence-electron chi connectivity index (χ3n) is 5.52. The molecule has 8 nitrogen and oxygen atoms in total. The number of carbonyl (C=O) groups excluding carboxylic acids is 1. The Morgan fingerprint density at radius 2 is 2.00 bits per heavy atom. The molecule has 0 radical (unpaired) electrons. The Balaban J connectivity index is 1.46. The Morgan fingerprint density at radius 1 is 1.17 bits per heavy atom. The zero-order valence-corrected chi connectivity index (χ0v) is 17.9. The molecule has 0 aliphatic carbocycles. The van der Waals surface area contributed by atoms with Crippen molar-refractivity contribution in [1.82, 2.24) is 24.3 Å². The highest BCUT2D eigenvalue weighted by molar-refractivity contribution is 6.29. The number of fused-ring (bicyclic) bond motifs is 3. The van der Waals surface area contributed by atoms with E-state index >= 15 is 0 Å². The van der Waals surface area contributed by atoms with Gasteiger partial charge in [0.05, 0.1) is 17.8 Å². The van der Waals surface area contributed by atoms with Crippen molar-refractivity contribution in [3.63, 3.8) is 0 Å². The van der Waals surface area contributed by atoms with Gasteiger partial charge in [0.15, 0.2) is 0 Å². The highest BCUT2D eigenvalue weighted by atomic mass is 35.5. The van der Waals surface area contributed by atoms with Crippen LogP contribution in [0.2, 0.25) is 5.15 Å². The molecule has 2 fully saturated rings. The lowest BCUT2D eigenvalue weighted by molar-refractivity contribution is 0.0214. The number of rotatable bonds is 2. The normalized spacial score (nSPS) is 20.9. The lowest BCUT2D eigenvalue weighted by atomic mass is 10.2.